The van der Waals surface area contributed by atoms with E-state index in [1.807, 2.05) is 6.92 Å². The highest BCUT2D eigenvalue weighted by molar-refractivity contribution is 9.10. The molecule has 1 N–H and O–H groups in total. The zero-order chi connectivity index (χ0) is 12.8. The minimum atomic E-state index is 0.709. The second-order valence-electron chi connectivity index (χ2n) is 4.92. The molecule has 0 amide bonds. The molecule has 3 heteroatoms. The summed E-state index contributed by atoms with van der Waals surface area (Å²) in [7, 11) is 0. The van der Waals surface area contributed by atoms with Gasteiger partial charge in [0.2, 0.25) is 0 Å². The van der Waals surface area contributed by atoms with Gasteiger partial charge in [-0.2, -0.15) is 0 Å². The first-order chi connectivity index (χ1) is 8.79. The van der Waals surface area contributed by atoms with E-state index in [4.69, 9.17) is 4.74 Å². The predicted molar refractivity (Wildman–Crippen MR) is 79.0 cm³/mol. The Morgan fingerprint density at radius 1 is 1.28 bits per heavy atom. The van der Waals surface area contributed by atoms with E-state index in [-0.39, 0.29) is 0 Å². The maximum Gasteiger partial charge on any atom is 0.0477 e. The van der Waals surface area contributed by atoms with Gasteiger partial charge in [-0.3, -0.25) is 0 Å². The number of hydrogen-bond donors (Lipinski definition) is 1. The average molecular weight is 312 g/mol. The van der Waals surface area contributed by atoms with E-state index in [2.05, 4.69) is 45.5 Å². The summed E-state index contributed by atoms with van der Waals surface area (Å²) in [4.78, 5) is 0. The molecule has 1 aliphatic carbocycles. The van der Waals surface area contributed by atoms with Crippen LogP contribution in [-0.2, 0) is 4.74 Å². The topological polar surface area (TPSA) is 21.3 Å². The van der Waals surface area contributed by atoms with Gasteiger partial charge in [0, 0.05) is 23.7 Å². The summed E-state index contributed by atoms with van der Waals surface area (Å²) >= 11 is 3.48. The smallest absolute Gasteiger partial charge is 0.0477 e. The molecule has 18 heavy (non-hydrogen) atoms. The Hall–Kier alpha value is -0.380. The summed E-state index contributed by atoms with van der Waals surface area (Å²) in [6.07, 6.45) is 3.67. The van der Waals surface area contributed by atoms with Crippen LogP contribution in [0.5, 0.6) is 0 Å². The molecule has 0 aliphatic heterocycles. The van der Waals surface area contributed by atoms with E-state index in [9.17, 15) is 0 Å². The van der Waals surface area contributed by atoms with E-state index >= 15 is 0 Å². The largest absolute Gasteiger partial charge is 0.382 e. The molecule has 0 radical (unpaired) electrons. The minimum Gasteiger partial charge on any atom is -0.382 e. The Kier molecular flexibility index (Phi) is 5.67. The van der Waals surface area contributed by atoms with E-state index in [1.165, 1.54) is 18.4 Å². The molecule has 0 heterocycles. The van der Waals surface area contributed by atoms with Crippen molar-refractivity contribution in [2.24, 2.45) is 0 Å². The van der Waals surface area contributed by atoms with Gasteiger partial charge in [-0.15, -0.1) is 0 Å². The number of nitrogens with one attached hydrogen (secondary N) is 1. The van der Waals surface area contributed by atoms with Gasteiger partial charge in [0.05, 0.1) is 0 Å². The maximum atomic E-state index is 5.32. The van der Waals surface area contributed by atoms with Crippen molar-refractivity contribution in [3.63, 3.8) is 0 Å². The fourth-order valence-electron chi connectivity index (χ4n) is 2.42. The van der Waals surface area contributed by atoms with Crippen molar-refractivity contribution >= 4 is 15.9 Å². The van der Waals surface area contributed by atoms with Crippen LogP contribution in [0.25, 0.3) is 0 Å². The first-order valence-electron chi connectivity index (χ1n) is 6.86. The molecule has 1 aliphatic rings. The van der Waals surface area contributed by atoms with E-state index in [0.29, 0.717) is 6.04 Å². The Morgan fingerprint density at radius 2 is 2.00 bits per heavy atom. The van der Waals surface area contributed by atoms with Gasteiger partial charge in [0.25, 0.3) is 0 Å². The molecular formula is C15H22BrNO. The van der Waals surface area contributed by atoms with Gasteiger partial charge >= 0.3 is 0 Å². The second-order valence-corrected chi connectivity index (χ2v) is 5.84. The van der Waals surface area contributed by atoms with Crippen molar-refractivity contribution in [1.29, 1.82) is 0 Å². The van der Waals surface area contributed by atoms with Crippen LogP contribution in [0.15, 0.2) is 28.7 Å². The van der Waals surface area contributed by atoms with Crippen molar-refractivity contribution in [2.75, 3.05) is 19.8 Å². The van der Waals surface area contributed by atoms with Crippen LogP contribution in [0, 0.1) is 0 Å². The summed E-state index contributed by atoms with van der Waals surface area (Å²) in [6, 6.07) is 9.46. The third-order valence-corrected chi connectivity index (χ3v) is 4.11. The summed E-state index contributed by atoms with van der Waals surface area (Å²) in [5.41, 5.74) is 1.48. The van der Waals surface area contributed by atoms with Crippen LogP contribution in [0.3, 0.4) is 0 Å². The quantitative estimate of drug-likeness (QED) is 0.775. The van der Waals surface area contributed by atoms with Gasteiger partial charge in [-0.1, -0.05) is 28.1 Å². The number of ether oxygens (including phenoxy) is 1. The monoisotopic (exact) mass is 311 g/mol. The van der Waals surface area contributed by atoms with E-state index in [1.54, 1.807) is 0 Å². The Balaban J connectivity index is 1.60. The fourth-order valence-corrected chi connectivity index (χ4v) is 2.68. The van der Waals surface area contributed by atoms with Crippen LogP contribution >= 0.6 is 15.9 Å². The number of rotatable bonds is 7. The van der Waals surface area contributed by atoms with Gasteiger partial charge in [-0.05, 0) is 56.3 Å². The third kappa shape index (κ3) is 4.08. The molecule has 0 aromatic heterocycles. The molecule has 100 valence electrons. The Labute approximate surface area is 118 Å². The molecule has 1 aromatic rings. The predicted octanol–water partition coefficient (Wildman–Crippen LogP) is 3.71. The standard InChI is InChI=1S/C15H22BrNO/c1-2-18-9-3-8-17-15-10-13(11-15)12-4-6-14(16)7-5-12/h4-7,13,15,17H,2-3,8-11H2,1H3. The average Bonchev–Trinajstić information content (AvgIpc) is 2.33. The van der Waals surface area contributed by atoms with Crippen LogP contribution in [0.2, 0.25) is 0 Å². The summed E-state index contributed by atoms with van der Waals surface area (Å²) in [5.74, 6) is 0.752. The zero-order valence-electron chi connectivity index (χ0n) is 11.0. The van der Waals surface area contributed by atoms with Crippen LogP contribution < -0.4 is 5.32 Å². The van der Waals surface area contributed by atoms with Gasteiger partial charge in [0.15, 0.2) is 0 Å². The van der Waals surface area contributed by atoms with Crippen molar-refractivity contribution < 1.29 is 4.74 Å². The zero-order valence-corrected chi connectivity index (χ0v) is 12.6. The maximum absolute atomic E-state index is 5.32. The van der Waals surface area contributed by atoms with Crippen LogP contribution in [-0.4, -0.2) is 25.8 Å². The summed E-state index contributed by atoms with van der Waals surface area (Å²) in [6.45, 7) is 4.83. The normalized spacial score (nSPS) is 22.8. The summed E-state index contributed by atoms with van der Waals surface area (Å²) < 4.78 is 6.49. The molecule has 2 nitrogen and oxygen atoms in total. The van der Waals surface area contributed by atoms with E-state index < -0.39 is 0 Å². The highest BCUT2D eigenvalue weighted by Crippen LogP contribution is 2.37. The lowest BCUT2D eigenvalue weighted by molar-refractivity contribution is 0.142. The highest BCUT2D eigenvalue weighted by Gasteiger charge is 2.29. The third-order valence-electron chi connectivity index (χ3n) is 3.58. The first-order valence-corrected chi connectivity index (χ1v) is 7.65. The molecule has 0 unspecified atom stereocenters. The number of benzene rings is 1. The van der Waals surface area contributed by atoms with Gasteiger partial charge in [-0.25, -0.2) is 0 Å². The number of halogens is 1. The van der Waals surface area contributed by atoms with Crippen LogP contribution in [0.1, 0.15) is 37.7 Å². The molecule has 0 spiro atoms. The highest BCUT2D eigenvalue weighted by atomic mass is 79.9. The molecular weight excluding hydrogens is 290 g/mol. The molecule has 2 rings (SSSR count). The summed E-state index contributed by atoms with van der Waals surface area (Å²) in [5, 5.41) is 3.60. The lowest BCUT2D eigenvalue weighted by Gasteiger charge is -2.36. The molecule has 0 saturated heterocycles. The van der Waals surface area contributed by atoms with Gasteiger partial charge in [0.1, 0.15) is 0 Å². The number of hydrogen-bond acceptors (Lipinski definition) is 2. The van der Waals surface area contributed by atoms with Crippen molar-refractivity contribution in [2.45, 2.75) is 38.1 Å². The Bertz CT molecular complexity index is 346. The van der Waals surface area contributed by atoms with Crippen molar-refractivity contribution in [1.82, 2.24) is 5.32 Å². The van der Waals surface area contributed by atoms with Crippen molar-refractivity contribution in [3.05, 3.63) is 34.3 Å². The molecule has 1 aromatic carbocycles. The van der Waals surface area contributed by atoms with Gasteiger partial charge < -0.3 is 10.1 Å². The van der Waals surface area contributed by atoms with E-state index in [0.717, 1.165) is 36.6 Å². The molecule has 1 fully saturated rings. The first kappa shape index (κ1) is 14.0. The van der Waals surface area contributed by atoms with Crippen molar-refractivity contribution in [3.8, 4) is 0 Å². The SMILES string of the molecule is CCOCCCNC1CC(c2ccc(Br)cc2)C1. The second kappa shape index (κ2) is 7.27. The lowest BCUT2D eigenvalue weighted by atomic mass is 9.76. The lowest BCUT2D eigenvalue weighted by Crippen LogP contribution is -2.40. The molecule has 0 bridgehead atoms. The minimum absolute atomic E-state index is 0.709. The Morgan fingerprint density at radius 3 is 2.67 bits per heavy atom. The fraction of sp³-hybridized carbons (Fsp3) is 0.600. The van der Waals surface area contributed by atoms with Crippen LogP contribution in [0.4, 0.5) is 0 Å². The molecule has 0 atom stereocenters. The molecule has 1 saturated carbocycles.